The molecule has 2 fully saturated rings. The largest absolute Gasteiger partial charge is 0.367 e. The summed E-state index contributed by atoms with van der Waals surface area (Å²) in [4.78, 5) is 19.3. The number of urea groups is 1. The smallest absolute Gasteiger partial charge is 0.317 e. The molecule has 2 aromatic carbocycles. The van der Waals surface area contributed by atoms with Crippen molar-refractivity contribution < 1.29 is 4.79 Å². The van der Waals surface area contributed by atoms with Gasteiger partial charge in [0.15, 0.2) is 0 Å². The number of hydrogen-bond donors (Lipinski definition) is 1. The van der Waals surface area contributed by atoms with Crippen LogP contribution in [-0.2, 0) is 0 Å². The molecule has 5 nitrogen and oxygen atoms in total. The number of rotatable bonds is 3. The Bertz CT molecular complexity index is 764. The minimum absolute atomic E-state index is 0.102. The maximum absolute atomic E-state index is 12.6. The van der Waals surface area contributed by atoms with Gasteiger partial charge in [0.05, 0.1) is 0 Å². The number of carbonyl (C=O) groups is 1. The summed E-state index contributed by atoms with van der Waals surface area (Å²) in [6.45, 7) is 8.64. The zero-order valence-corrected chi connectivity index (χ0v) is 15.5. The molecule has 2 heterocycles. The molecule has 0 unspecified atom stereocenters. The monoisotopic (exact) mass is 352 g/mol. The number of carbonyl (C=O) groups excluding carboxylic acids is 1. The molecule has 1 atom stereocenters. The van der Waals surface area contributed by atoms with Gasteiger partial charge in [-0.2, -0.15) is 0 Å². The molecule has 26 heavy (non-hydrogen) atoms. The molecule has 5 heteroatoms. The first-order chi connectivity index (χ1) is 12.7. The van der Waals surface area contributed by atoms with Gasteiger partial charge in [0.1, 0.15) is 0 Å². The Balaban J connectivity index is 1.36. The van der Waals surface area contributed by atoms with Crippen molar-refractivity contribution in [1.82, 2.24) is 15.1 Å². The maximum atomic E-state index is 12.6. The van der Waals surface area contributed by atoms with Crippen molar-refractivity contribution >= 4 is 22.5 Å². The third kappa shape index (κ3) is 3.49. The Kier molecular flexibility index (Phi) is 4.98. The second-order valence-corrected chi connectivity index (χ2v) is 7.30. The van der Waals surface area contributed by atoms with E-state index >= 15 is 0 Å². The zero-order chi connectivity index (χ0) is 17.9. The van der Waals surface area contributed by atoms with Crippen molar-refractivity contribution in [3.63, 3.8) is 0 Å². The van der Waals surface area contributed by atoms with E-state index in [-0.39, 0.29) is 6.03 Å². The summed E-state index contributed by atoms with van der Waals surface area (Å²) in [5.74, 6) is 0. The maximum Gasteiger partial charge on any atom is 0.317 e. The Morgan fingerprint density at radius 1 is 1.04 bits per heavy atom. The number of nitrogens with one attached hydrogen (secondary N) is 1. The predicted molar refractivity (Wildman–Crippen MR) is 107 cm³/mol. The van der Waals surface area contributed by atoms with Gasteiger partial charge in [-0.15, -0.1) is 0 Å². The molecule has 2 aliphatic rings. The molecule has 1 N–H and O–H groups in total. The topological polar surface area (TPSA) is 38.8 Å². The van der Waals surface area contributed by atoms with E-state index in [0.717, 1.165) is 52.2 Å². The van der Waals surface area contributed by atoms with Gasteiger partial charge in [-0.05, 0) is 24.4 Å². The van der Waals surface area contributed by atoms with E-state index in [1.54, 1.807) is 0 Å². The number of likely N-dealkylation sites (N-methyl/N-ethyl adjacent to an activating group) is 1. The van der Waals surface area contributed by atoms with Crippen molar-refractivity contribution in [2.45, 2.75) is 19.4 Å². The minimum Gasteiger partial charge on any atom is -0.367 e. The molecule has 0 spiro atoms. The Morgan fingerprint density at radius 3 is 2.58 bits per heavy atom. The number of hydrogen-bond acceptors (Lipinski definition) is 3. The van der Waals surface area contributed by atoms with Gasteiger partial charge in [0.2, 0.25) is 0 Å². The van der Waals surface area contributed by atoms with Crippen LogP contribution in [-0.4, -0.2) is 67.7 Å². The number of likely N-dealkylation sites (tertiary alicyclic amines) is 1. The summed E-state index contributed by atoms with van der Waals surface area (Å²) in [5, 5.41) is 5.78. The van der Waals surface area contributed by atoms with E-state index in [9.17, 15) is 4.79 Å². The molecule has 4 rings (SSSR count). The lowest BCUT2D eigenvalue weighted by Crippen LogP contribution is -2.53. The van der Waals surface area contributed by atoms with Gasteiger partial charge < -0.3 is 20.0 Å². The number of nitrogens with zero attached hydrogens (tertiary/aromatic N) is 3. The first-order valence-electron chi connectivity index (χ1n) is 9.75. The van der Waals surface area contributed by atoms with Crippen molar-refractivity contribution in [3.8, 4) is 0 Å². The second-order valence-electron chi connectivity index (χ2n) is 7.30. The number of benzene rings is 2. The van der Waals surface area contributed by atoms with Gasteiger partial charge in [-0.1, -0.05) is 43.3 Å². The highest BCUT2D eigenvalue weighted by Crippen LogP contribution is 2.27. The Labute approximate surface area is 155 Å². The van der Waals surface area contributed by atoms with Crippen LogP contribution in [0.2, 0.25) is 0 Å². The predicted octanol–water partition coefficient (Wildman–Crippen LogP) is 2.77. The van der Waals surface area contributed by atoms with Crippen LogP contribution in [0.3, 0.4) is 0 Å². The molecule has 2 aromatic rings. The van der Waals surface area contributed by atoms with Crippen LogP contribution in [0.15, 0.2) is 42.5 Å². The standard InChI is InChI=1S/C21H28N4O/c1-2-23-11-10-18(16-23)22-21(26)25-14-12-24(13-15-25)20-9-5-7-17-6-3-4-8-19(17)20/h3-9,18H,2,10-16H2,1H3,(H,22,26)/t18-/m0/s1. The lowest BCUT2D eigenvalue weighted by molar-refractivity contribution is 0.190. The number of amides is 2. The lowest BCUT2D eigenvalue weighted by atomic mass is 10.1. The van der Waals surface area contributed by atoms with E-state index in [1.165, 1.54) is 16.5 Å². The third-order valence-corrected chi connectivity index (χ3v) is 5.72. The van der Waals surface area contributed by atoms with Crippen LogP contribution in [0.25, 0.3) is 10.8 Å². The quantitative estimate of drug-likeness (QED) is 0.923. The summed E-state index contributed by atoms with van der Waals surface area (Å²) in [5.41, 5.74) is 1.28. The summed E-state index contributed by atoms with van der Waals surface area (Å²) in [6.07, 6.45) is 1.07. The molecule has 0 aromatic heterocycles. The molecule has 0 saturated carbocycles. The van der Waals surface area contributed by atoms with Crippen molar-refractivity contribution in [2.75, 3.05) is 50.7 Å². The van der Waals surface area contributed by atoms with E-state index < -0.39 is 0 Å². The number of piperazine rings is 1. The van der Waals surface area contributed by atoms with Crippen LogP contribution in [0, 0.1) is 0 Å². The average Bonchev–Trinajstić information content (AvgIpc) is 3.15. The van der Waals surface area contributed by atoms with Gasteiger partial charge in [0.25, 0.3) is 0 Å². The Hall–Kier alpha value is -2.27. The summed E-state index contributed by atoms with van der Waals surface area (Å²) in [6, 6.07) is 15.4. The molecule has 138 valence electrons. The normalized spacial score (nSPS) is 21.3. The van der Waals surface area contributed by atoms with E-state index in [1.807, 2.05) is 4.90 Å². The van der Waals surface area contributed by atoms with Crippen LogP contribution < -0.4 is 10.2 Å². The zero-order valence-electron chi connectivity index (χ0n) is 15.5. The molecular weight excluding hydrogens is 324 g/mol. The fourth-order valence-electron chi connectivity index (χ4n) is 4.14. The van der Waals surface area contributed by atoms with Crippen LogP contribution in [0.5, 0.6) is 0 Å². The first-order valence-corrected chi connectivity index (χ1v) is 9.75. The molecule has 2 aliphatic heterocycles. The van der Waals surface area contributed by atoms with Gasteiger partial charge in [0, 0.05) is 56.4 Å². The molecule has 2 saturated heterocycles. The molecule has 0 radical (unpaired) electrons. The fourth-order valence-corrected chi connectivity index (χ4v) is 4.14. The van der Waals surface area contributed by atoms with E-state index in [4.69, 9.17) is 0 Å². The molecular formula is C21H28N4O. The van der Waals surface area contributed by atoms with Crippen LogP contribution >= 0.6 is 0 Å². The first kappa shape index (κ1) is 17.2. The fraction of sp³-hybridized carbons (Fsp3) is 0.476. The van der Waals surface area contributed by atoms with Crippen molar-refractivity contribution in [3.05, 3.63) is 42.5 Å². The van der Waals surface area contributed by atoms with Crippen molar-refractivity contribution in [1.29, 1.82) is 0 Å². The van der Waals surface area contributed by atoms with Gasteiger partial charge in [-0.3, -0.25) is 0 Å². The summed E-state index contributed by atoms with van der Waals surface area (Å²) in [7, 11) is 0. The molecule has 2 amide bonds. The van der Waals surface area contributed by atoms with E-state index in [0.29, 0.717) is 6.04 Å². The third-order valence-electron chi connectivity index (χ3n) is 5.72. The van der Waals surface area contributed by atoms with Gasteiger partial charge in [-0.25, -0.2) is 4.79 Å². The molecule has 0 bridgehead atoms. The minimum atomic E-state index is 0.102. The van der Waals surface area contributed by atoms with Crippen LogP contribution in [0.1, 0.15) is 13.3 Å². The average molecular weight is 352 g/mol. The highest BCUT2D eigenvalue weighted by molar-refractivity contribution is 5.94. The number of anilines is 1. The second kappa shape index (κ2) is 7.54. The van der Waals surface area contributed by atoms with Crippen LogP contribution in [0.4, 0.5) is 10.5 Å². The van der Waals surface area contributed by atoms with Crippen molar-refractivity contribution in [2.24, 2.45) is 0 Å². The number of fused-ring (bicyclic) bond motifs is 1. The van der Waals surface area contributed by atoms with E-state index in [2.05, 4.69) is 64.5 Å². The Morgan fingerprint density at radius 2 is 1.81 bits per heavy atom. The summed E-state index contributed by atoms with van der Waals surface area (Å²) < 4.78 is 0. The summed E-state index contributed by atoms with van der Waals surface area (Å²) >= 11 is 0. The van der Waals surface area contributed by atoms with Gasteiger partial charge >= 0.3 is 6.03 Å². The highest BCUT2D eigenvalue weighted by atomic mass is 16.2. The SMILES string of the molecule is CCN1CC[C@H](NC(=O)N2CCN(c3cccc4ccccc34)CC2)C1. The lowest BCUT2D eigenvalue weighted by Gasteiger charge is -2.37. The molecule has 0 aliphatic carbocycles. The highest BCUT2D eigenvalue weighted by Gasteiger charge is 2.27.